The summed E-state index contributed by atoms with van der Waals surface area (Å²) in [6.45, 7) is 8.31. The molecule has 0 atom stereocenters. The zero-order chi connectivity index (χ0) is 10.1. The molecule has 0 fully saturated rings. The summed E-state index contributed by atoms with van der Waals surface area (Å²) in [4.78, 5) is 3.22. The highest BCUT2D eigenvalue weighted by Crippen LogP contribution is 2.23. The van der Waals surface area contributed by atoms with Crippen molar-refractivity contribution in [3.8, 4) is 0 Å². The minimum absolute atomic E-state index is 0.0570. The van der Waals surface area contributed by atoms with Gasteiger partial charge in [-0.25, -0.2) is 13.3 Å². The van der Waals surface area contributed by atoms with Crippen LogP contribution in [0.25, 0.3) is 4.85 Å². The van der Waals surface area contributed by atoms with Gasteiger partial charge in [0.15, 0.2) is 5.69 Å². The Morgan fingerprint density at radius 2 is 2.08 bits per heavy atom. The van der Waals surface area contributed by atoms with Gasteiger partial charge in [-0.15, -0.1) is 0 Å². The lowest BCUT2D eigenvalue weighted by molar-refractivity contribution is 0.609. The molecule has 3 nitrogen and oxygen atoms in total. The summed E-state index contributed by atoms with van der Waals surface area (Å²) < 4.78 is 21.9. The fourth-order valence-corrected chi connectivity index (χ4v) is 2.17. The van der Waals surface area contributed by atoms with Gasteiger partial charge in [-0.1, -0.05) is 18.2 Å². The first kappa shape index (κ1) is 10.0. The van der Waals surface area contributed by atoms with Crippen LogP contribution in [0.15, 0.2) is 23.1 Å². The van der Waals surface area contributed by atoms with Gasteiger partial charge in [0.05, 0.1) is 11.5 Å². The topological polar surface area (TPSA) is 38.5 Å². The molecule has 0 heterocycles. The van der Waals surface area contributed by atoms with E-state index < -0.39 is 9.05 Å². The van der Waals surface area contributed by atoms with Crippen molar-refractivity contribution in [3.63, 3.8) is 0 Å². The predicted molar refractivity (Wildman–Crippen MR) is 50.5 cm³/mol. The molecule has 0 saturated heterocycles. The highest BCUT2D eigenvalue weighted by Gasteiger charge is 2.12. The van der Waals surface area contributed by atoms with Gasteiger partial charge in [-0.3, -0.25) is 0 Å². The summed E-state index contributed by atoms with van der Waals surface area (Å²) in [5, 5.41) is 0. The molecule has 13 heavy (non-hydrogen) atoms. The molecular weight excluding hydrogens is 210 g/mol. The van der Waals surface area contributed by atoms with Crippen LogP contribution < -0.4 is 0 Å². The molecule has 0 bridgehead atoms. The molecule has 0 aliphatic rings. The van der Waals surface area contributed by atoms with Crippen LogP contribution in [-0.2, 0) is 9.05 Å². The van der Waals surface area contributed by atoms with Gasteiger partial charge < -0.3 is 0 Å². The Kier molecular flexibility index (Phi) is 2.60. The lowest BCUT2D eigenvalue weighted by Crippen LogP contribution is -1.93. The van der Waals surface area contributed by atoms with Gasteiger partial charge in [0.25, 0.3) is 9.05 Å². The third-order valence-electron chi connectivity index (χ3n) is 1.55. The molecule has 5 heteroatoms. The molecular formula is C8H6ClNO2S. The minimum atomic E-state index is -3.69. The highest BCUT2D eigenvalue weighted by atomic mass is 35.7. The first-order valence-electron chi connectivity index (χ1n) is 3.38. The normalized spacial score (nSPS) is 10.8. The van der Waals surface area contributed by atoms with Crippen molar-refractivity contribution in [1.29, 1.82) is 0 Å². The van der Waals surface area contributed by atoms with Crippen molar-refractivity contribution < 1.29 is 8.42 Å². The zero-order valence-electron chi connectivity index (χ0n) is 6.78. The number of halogens is 1. The summed E-state index contributed by atoms with van der Waals surface area (Å²) >= 11 is 0. The Balaban J connectivity index is 3.40. The van der Waals surface area contributed by atoms with Gasteiger partial charge in [-0.05, 0) is 12.5 Å². The molecule has 68 valence electrons. The van der Waals surface area contributed by atoms with E-state index in [9.17, 15) is 8.42 Å². The fraction of sp³-hybridized carbons (Fsp3) is 0.125. The van der Waals surface area contributed by atoms with Crippen molar-refractivity contribution in [2.75, 3.05) is 0 Å². The van der Waals surface area contributed by atoms with E-state index in [4.69, 9.17) is 17.3 Å². The molecule has 1 rings (SSSR count). The van der Waals surface area contributed by atoms with Crippen LogP contribution in [0, 0.1) is 13.5 Å². The SMILES string of the molecule is [C-]#[N+]c1ccc(S(=O)(=O)Cl)c(C)c1. The van der Waals surface area contributed by atoms with E-state index >= 15 is 0 Å². The molecule has 0 aromatic heterocycles. The lowest BCUT2D eigenvalue weighted by atomic mass is 10.2. The Hall–Kier alpha value is -1.05. The maximum atomic E-state index is 10.9. The smallest absolute Gasteiger partial charge is 0.238 e. The van der Waals surface area contributed by atoms with E-state index in [1.165, 1.54) is 18.2 Å². The number of aryl methyl sites for hydroxylation is 1. The van der Waals surface area contributed by atoms with Crippen molar-refractivity contribution in [2.24, 2.45) is 0 Å². The lowest BCUT2D eigenvalue weighted by Gasteiger charge is -2.00. The number of rotatable bonds is 1. The molecule has 0 spiro atoms. The second-order valence-corrected chi connectivity index (χ2v) is 5.03. The third kappa shape index (κ3) is 2.20. The maximum absolute atomic E-state index is 10.9. The van der Waals surface area contributed by atoms with Crippen molar-refractivity contribution in [1.82, 2.24) is 0 Å². The van der Waals surface area contributed by atoms with Crippen LogP contribution in [-0.4, -0.2) is 8.42 Å². The van der Waals surface area contributed by atoms with E-state index in [0.29, 0.717) is 11.3 Å². The van der Waals surface area contributed by atoms with Gasteiger partial charge >= 0.3 is 0 Å². The molecule has 0 amide bonds. The van der Waals surface area contributed by atoms with Crippen LogP contribution in [0.1, 0.15) is 5.56 Å². The molecule has 0 aliphatic heterocycles. The van der Waals surface area contributed by atoms with E-state index in [1.807, 2.05) is 0 Å². The largest absolute Gasteiger partial charge is 0.261 e. The van der Waals surface area contributed by atoms with E-state index in [0.717, 1.165) is 0 Å². The van der Waals surface area contributed by atoms with E-state index in [-0.39, 0.29) is 4.90 Å². The second kappa shape index (κ2) is 3.36. The number of benzene rings is 1. The fourth-order valence-electron chi connectivity index (χ4n) is 0.977. The standard InChI is InChI=1S/C8H6ClNO2S/c1-6-5-7(10-2)3-4-8(6)13(9,11)12/h3-5H,1H3. The summed E-state index contributed by atoms with van der Waals surface area (Å²) in [5.74, 6) is 0. The van der Waals surface area contributed by atoms with Crippen molar-refractivity contribution in [3.05, 3.63) is 35.2 Å². The Morgan fingerprint density at radius 3 is 2.46 bits per heavy atom. The minimum Gasteiger partial charge on any atom is -0.238 e. The Morgan fingerprint density at radius 1 is 1.46 bits per heavy atom. The molecule has 0 N–H and O–H groups in total. The summed E-state index contributed by atoms with van der Waals surface area (Å²) in [5.41, 5.74) is 0.894. The monoisotopic (exact) mass is 215 g/mol. The maximum Gasteiger partial charge on any atom is 0.261 e. The van der Waals surface area contributed by atoms with Crippen molar-refractivity contribution in [2.45, 2.75) is 11.8 Å². The molecule has 0 aliphatic carbocycles. The molecule has 0 unspecified atom stereocenters. The Bertz CT molecular complexity index is 473. The van der Waals surface area contributed by atoms with Crippen LogP contribution in [0.3, 0.4) is 0 Å². The molecule has 1 aromatic carbocycles. The quantitative estimate of drug-likeness (QED) is 0.533. The first-order chi connectivity index (χ1) is 5.95. The van der Waals surface area contributed by atoms with E-state index in [1.54, 1.807) is 6.92 Å². The Labute approximate surface area is 81.2 Å². The first-order valence-corrected chi connectivity index (χ1v) is 5.69. The highest BCUT2D eigenvalue weighted by molar-refractivity contribution is 8.13. The van der Waals surface area contributed by atoms with Crippen LogP contribution in [0.4, 0.5) is 5.69 Å². The molecule has 0 saturated carbocycles. The number of hydrogen-bond acceptors (Lipinski definition) is 2. The van der Waals surface area contributed by atoms with E-state index in [2.05, 4.69) is 4.85 Å². The summed E-state index contributed by atoms with van der Waals surface area (Å²) in [6.07, 6.45) is 0. The van der Waals surface area contributed by atoms with Crippen LogP contribution in [0.2, 0.25) is 0 Å². The third-order valence-corrected chi connectivity index (χ3v) is 3.03. The van der Waals surface area contributed by atoms with Crippen LogP contribution in [0.5, 0.6) is 0 Å². The van der Waals surface area contributed by atoms with Crippen LogP contribution >= 0.6 is 10.7 Å². The average Bonchev–Trinajstić information content (AvgIpc) is 2.01. The summed E-state index contributed by atoms with van der Waals surface area (Å²) in [6, 6.07) is 4.25. The van der Waals surface area contributed by atoms with Gasteiger partial charge in [0.1, 0.15) is 0 Å². The van der Waals surface area contributed by atoms with Crippen molar-refractivity contribution >= 4 is 25.4 Å². The number of hydrogen-bond donors (Lipinski definition) is 0. The average molecular weight is 216 g/mol. The van der Waals surface area contributed by atoms with Gasteiger partial charge in [0.2, 0.25) is 0 Å². The van der Waals surface area contributed by atoms with Gasteiger partial charge in [0, 0.05) is 10.7 Å². The number of nitrogens with zero attached hydrogens (tertiary/aromatic N) is 1. The van der Waals surface area contributed by atoms with Gasteiger partial charge in [-0.2, -0.15) is 0 Å². The summed E-state index contributed by atoms with van der Waals surface area (Å²) in [7, 11) is 1.46. The zero-order valence-corrected chi connectivity index (χ0v) is 8.35. The predicted octanol–water partition coefficient (Wildman–Crippen LogP) is 2.47. The second-order valence-electron chi connectivity index (χ2n) is 2.50. The molecule has 1 aromatic rings. The molecule has 0 radical (unpaired) electrons.